The molecule has 20 heavy (non-hydrogen) atoms. The van der Waals surface area contributed by atoms with E-state index in [2.05, 4.69) is 26.7 Å². The SMILES string of the molecule is COCc1nc2cc(CCCn3ccnc3)ccc2o1. The van der Waals surface area contributed by atoms with Crippen LogP contribution in [0.5, 0.6) is 0 Å². The first-order chi connectivity index (χ1) is 9.85. The van der Waals surface area contributed by atoms with Gasteiger partial charge < -0.3 is 13.7 Å². The molecule has 2 heterocycles. The van der Waals surface area contributed by atoms with Gasteiger partial charge in [0.2, 0.25) is 5.89 Å². The average Bonchev–Trinajstić information content (AvgIpc) is 3.07. The Kier molecular flexibility index (Phi) is 3.78. The van der Waals surface area contributed by atoms with Crippen LogP contribution in [0.2, 0.25) is 0 Å². The Hall–Kier alpha value is -2.14. The molecule has 1 aromatic carbocycles. The molecule has 0 unspecified atom stereocenters. The number of aryl methyl sites for hydroxylation is 2. The predicted octanol–water partition coefficient (Wildman–Crippen LogP) is 2.80. The summed E-state index contributed by atoms with van der Waals surface area (Å²) in [7, 11) is 1.64. The van der Waals surface area contributed by atoms with Crippen LogP contribution in [0, 0.1) is 0 Å². The molecular formula is C15H17N3O2. The van der Waals surface area contributed by atoms with Crippen molar-refractivity contribution in [2.45, 2.75) is 26.0 Å². The molecule has 0 radical (unpaired) electrons. The highest BCUT2D eigenvalue weighted by Crippen LogP contribution is 2.18. The zero-order valence-electron chi connectivity index (χ0n) is 11.5. The highest BCUT2D eigenvalue weighted by molar-refractivity contribution is 5.73. The molecule has 5 nitrogen and oxygen atoms in total. The molecule has 0 bridgehead atoms. The summed E-state index contributed by atoms with van der Waals surface area (Å²) in [6, 6.07) is 6.16. The number of hydrogen-bond acceptors (Lipinski definition) is 4. The van der Waals surface area contributed by atoms with Crippen LogP contribution >= 0.6 is 0 Å². The number of methoxy groups -OCH3 is 1. The summed E-state index contributed by atoms with van der Waals surface area (Å²) in [4.78, 5) is 8.45. The fourth-order valence-corrected chi connectivity index (χ4v) is 2.25. The van der Waals surface area contributed by atoms with Gasteiger partial charge in [0.15, 0.2) is 5.58 Å². The van der Waals surface area contributed by atoms with Crippen molar-refractivity contribution in [2.75, 3.05) is 7.11 Å². The van der Waals surface area contributed by atoms with Gasteiger partial charge >= 0.3 is 0 Å². The van der Waals surface area contributed by atoms with Crippen molar-refractivity contribution in [2.24, 2.45) is 0 Å². The Balaban J connectivity index is 1.65. The molecule has 2 aromatic heterocycles. The van der Waals surface area contributed by atoms with E-state index < -0.39 is 0 Å². The lowest BCUT2D eigenvalue weighted by Gasteiger charge is -2.02. The number of ether oxygens (including phenoxy) is 1. The van der Waals surface area contributed by atoms with Crippen LogP contribution in [0.3, 0.4) is 0 Å². The third-order valence-electron chi connectivity index (χ3n) is 3.21. The largest absolute Gasteiger partial charge is 0.438 e. The van der Waals surface area contributed by atoms with E-state index in [4.69, 9.17) is 9.15 Å². The van der Waals surface area contributed by atoms with Crippen LogP contribution < -0.4 is 0 Å². The molecular weight excluding hydrogens is 254 g/mol. The number of hydrogen-bond donors (Lipinski definition) is 0. The summed E-state index contributed by atoms with van der Waals surface area (Å²) in [5, 5.41) is 0. The first kappa shape index (κ1) is 12.9. The molecule has 0 N–H and O–H groups in total. The van der Waals surface area contributed by atoms with Crippen LogP contribution in [0.25, 0.3) is 11.1 Å². The Labute approximate surface area is 117 Å². The van der Waals surface area contributed by atoms with Gasteiger partial charge in [-0.05, 0) is 30.5 Å². The molecule has 5 heteroatoms. The summed E-state index contributed by atoms with van der Waals surface area (Å²) in [6.45, 7) is 1.39. The minimum absolute atomic E-state index is 0.407. The van der Waals surface area contributed by atoms with E-state index in [0.29, 0.717) is 12.5 Å². The maximum Gasteiger partial charge on any atom is 0.221 e. The fraction of sp³-hybridized carbons (Fsp3) is 0.333. The van der Waals surface area contributed by atoms with E-state index in [-0.39, 0.29) is 0 Å². The fourth-order valence-electron chi connectivity index (χ4n) is 2.25. The third-order valence-corrected chi connectivity index (χ3v) is 3.21. The van der Waals surface area contributed by atoms with Gasteiger partial charge in [0.05, 0.1) is 6.33 Å². The summed E-state index contributed by atoms with van der Waals surface area (Å²) in [5.74, 6) is 0.623. The zero-order chi connectivity index (χ0) is 13.8. The maximum absolute atomic E-state index is 5.58. The van der Waals surface area contributed by atoms with Crippen LogP contribution in [-0.4, -0.2) is 21.6 Å². The first-order valence-corrected chi connectivity index (χ1v) is 6.68. The first-order valence-electron chi connectivity index (χ1n) is 6.68. The van der Waals surface area contributed by atoms with Gasteiger partial charge in [-0.1, -0.05) is 6.07 Å². The molecule has 0 saturated carbocycles. The number of imidazole rings is 1. The standard InChI is InChI=1S/C15H17N3O2/c1-19-10-15-17-13-9-12(4-5-14(13)20-15)3-2-7-18-8-6-16-11-18/h4-6,8-9,11H,2-3,7,10H2,1H3. The lowest BCUT2D eigenvalue weighted by atomic mass is 10.1. The van der Waals surface area contributed by atoms with Crippen molar-refractivity contribution in [3.63, 3.8) is 0 Å². The normalized spacial score (nSPS) is 11.2. The molecule has 3 rings (SSSR count). The predicted molar refractivity (Wildman–Crippen MR) is 75.3 cm³/mol. The average molecular weight is 271 g/mol. The Morgan fingerprint density at radius 3 is 3.10 bits per heavy atom. The summed E-state index contributed by atoms with van der Waals surface area (Å²) >= 11 is 0. The van der Waals surface area contributed by atoms with Crippen LogP contribution in [0.4, 0.5) is 0 Å². The molecule has 0 amide bonds. The van der Waals surface area contributed by atoms with Crippen molar-refractivity contribution in [1.29, 1.82) is 0 Å². The molecule has 0 saturated heterocycles. The molecule has 0 aliphatic heterocycles. The zero-order valence-corrected chi connectivity index (χ0v) is 11.5. The molecule has 104 valence electrons. The second kappa shape index (κ2) is 5.88. The number of rotatable bonds is 6. The van der Waals surface area contributed by atoms with Gasteiger partial charge in [-0.15, -0.1) is 0 Å². The van der Waals surface area contributed by atoms with Crippen molar-refractivity contribution in [1.82, 2.24) is 14.5 Å². The van der Waals surface area contributed by atoms with Crippen LogP contribution in [0.1, 0.15) is 17.9 Å². The highest BCUT2D eigenvalue weighted by atomic mass is 16.5. The van der Waals surface area contributed by atoms with Crippen molar-refractivity contribution < 1.29 is 9.15 Å². The van der Waals surface area contributed by atoms with Crippen molar-refractivity contribution >= 4 is 11.1 Å². The number of oxazole rings is 1. The molecule has 3 aromatic rings. The van der Waals surface area contributed by atoms with Gasteiger partial charge in [0.1, 0.15) is 12.1 Å². The molecule has 0 spiro atoms. The number of nitrogens with zero attached hydrogens (tertiary/aromatic N) is 3. The van der Waals surface area contributed by atoms with Gasteiger partial charge in [0, 0.05) is 26.0 Å². The molecule has 0 aliphatic carbocycles. The summed E-state index contributed by atoms with van der Waals surface area (Å²) < 4.78 is 12.7. The van der Waals surface area contributed by atoms with Gasteiger partial charge in [-0.3, -0.25) is 0 Å². The maximum atomic E-state index is 5.58. The molecule has 0 aliphatic rings. The highest BCUT2D eigenvalue weighted by Gasteiger charge is 2.06. The third kappa shape index (κ3) is 2.88. The van der Waals surface area contributed by atoms with E-state index in [1.807, 2.05) is 18.6 Å². The number of fused-ring (bicyclic) bond motifs is 1. The molecule has 0 fully saturated rings. The monoisotopic (exact) mass is 271 g/mol. The Morgan fingerprint density at radius 1 is 1.35 bits per heavy atom. The van der Waals surface area contributed by atoms with Crippen LogP contribution in [0.15, 0.2) is 41.3 Å². The smallest absolute Gasteiger partial charge is 0.221 e. The topological polar surface area (TPSA) is 53.1 Å². The second-order valence-corrected chi connectivity index (χ2v) is 4.75. The quantitative estimate of drug-likeness (QED) is 0.691. The second-order valence-electron chi connectivity index (χ2n) is 4.75. The van der Waals surface area contributed by atoms with Crippen molar-refractivity contribution in [3.05, 3.63) is 48.4 Å². The summed E-state index contributed by atoms with van der Waals surface area (Å²) in [6.07, 6.45) is 7.72. The van der Waals surface area contributed by atoms with E-state index in [1.54, 1.807) is 13.3 Å². The van der Waals surface area contributed by atoms with E-state index in [0.717, 1.165) is 30.5 Å². The van der Waals surface area contributed by atoms with Crippen molar-refractivity contribution in [3.8, 4) is 0 Å². The van der Waals surface area contributed by atoms with Gasteiger partial charge in [-0.25, -0.2) is 9.97 Å². The summed E-state index contributed by atoms with van der Waals surface area (Å²) in [5.41, 5.74) is 2.99. The lowest BCUT2D eigenvalue weighted by Crippen LogP contribution is -1.96. The van der Waals surface area contributed by atoms with Gasteiger partial charge in [-0.2, -0.15) is 0 Å². The van der Waals surface area contributed by atoms with E-state index in [9.17, 15) is 0 Å². The van der Waals surface area contributed by atoms with E-state index >= 15 is 0 Å². The number of benzene rings is 1. The van der Waals surface area contributed by atoms with Gasteiger partial charge in [0.25, 0.3) is 0 Å². The van der Waals surface area contributed by atoms with E-state index in [1.165, 1.54) is 5.56 Å². The minimum Gasteiger partial charge on any atom is -0.438 e. The number of aromatic nitrogens is 3. The Bertz CT molecular complexity index is 674. The lowest BCUT2D eigenvalue weighted by molar-refractivity contribution is 0.161. The minimum atomic E-state index is 0.407. The Morgan fingerprint density at radius 2 is 2.30 bits per heavy atom. The van der Waals surface area contributed by atoms with Crippen LogP contribution in [-0.2, 0) is 24.3 Å². The molecule has 0 atom stereocenters.